The number of nitrogens with one attached hydrogen (secondary N) is 1. The Morgan fingerprint density at radius 3 is 2.14 bits per heavy atom. The summed E-state index contributed by atoms with van der Waals surface area (Å²) in [6, 6.07) is 34.6. The van der Waals surface area contributed by atoms with E-state index in [0.717, 1.165) is 36.9 Å². The quantitative estimate of drug-likeness (QED) is 0.265. The van der Waals surface area contributed by atoms with Gasteiger partial charge in [0.1, 0.15) is 5.01 Å². The number of thiazole rings is 1. The zero-order valence-corrected chi connectivity index (χ0v) is 21.6. The molecule has 35 heavy (non-hydrogen) atoms. The molecule has 1 N–H and O–H groups in total. The number of halogens is 2. The smallest absolute Gasteiger partial charge is 0.124 e. The normalized spacial score (nSPS) is 13.2. The second-order valence-electron chi connectivity index (χ2n) is 8.37. The molecule has 4 aromatic carbocycles. The van der Waals surface area contributed by atoms with Crippen LogP contribution in [0.3, 0.4) is 0 Å². The van der Waals surface area contributed by atoms with Crippen LogP contribution in [0, 0.1) is 0 Å². The summed E-state index contributed by atoms with van der Waals surface area (Å²) >= 11 is 1.78. The molecular formula is C29H27Cl2N3S. The highest BCUT2D eigenvalue weighted by atomic mass is 35.5. The zero-order chi connectivity index (χ0) is 22.0. The van der Waals surface area contributed by atoms with Gasteiger partial charge in [-0.1, -0.05) is 72.8 Å². The van der Waals surface area contributed by atoms with Crippen LogP contribution >= 0.6 is 36.2 Å². The Labute approximate surface area is 222 Å². The Kier molecular flexibility index (Phi) is 8.09. The molecule has 1 aliphatic rings. The van der Waals surface area contributed by atoms with E-state index in [9.17, 15) is 0 Å². The lowest BCUT2D eigenvalue weighted by molar-refractivity contribution is 0.589. The summed E-state index contributed by atoms with van der Waals surface area (Å²) < 4.78 is 0. The topological polar surface area (TPSA) is 28.2 Å². The number of hydrogen-bond donors (Lipinski definition) is 1. The lowest BCUT2D eigenvalue weighted by Gasteiger charge is -2.29. The van der Waals surface area contributed by atoms with Gasteiger partial charge in [0, 0.05) is 43.0 Å². The number of nitrogens with zero attached hydrogens (tertiary/aromatic N) is 2. The third-order valence-corrected chi connectivity index (χ3v) is 7.46. The predicted molar refractivity (Wildman–Crippen MR) is 156 cm³/mol. The largest absolute Gasteiger partial charge is 0.369 e. The lowest BCUT2D eigenvalue weighted by Crippen LogP contribution is -2.43. The van der Waals surface area contributed by atoms with Crippen molar-refractivity contribution in [1.29, 1.82) is 0 Å². The number of anilines is 1. The summed E-state index contributed by atoms with van der Waals surface area (Å²) in [6.07, 6.45) is 0. The monoisotopic (exact) mass is 519 g/mol. The van der Waals surface area contributed by atoms with Gasteiger partial charge in [-0.2, -0.15) is 0 Å². The maximum atomic E-state index is 5.21. The Bertz CT molecular complexity index is 1390. The standard InChI is InChI=1S/C29H25N3S.2ClH/c1-2-8-22(9-3-1)28-27(26-12-6-10-21-7-4-5-11-25(21)26)31-29(33-28)23-13-15-24(16-14-23)32-19-17-30-18-20-32;;/h1-16,30H,17-20H2;2*1H. The van der Waals surface area contributed by atoms with Crippen molar-refractivity contribution in [3.63, 3.8) is 0 Å². The molecule has 2 heterocycles. The minimum atomic E-state index is 0. The molecule has 0 spiro atoms. The first-order chi connectivity index (χ1) is 16.4. The predicted octanol–water partition coefficient (Wildman–Crippen LogP) is 7.55. The molecule has 1 aliphatic heterocycles. The van der Waals surface area contributed by atoms with E-state index in [4.69, 9.17) is 4.98 Å². The molecule has 0 unspecified atom stereocenters. The van der Waals surface area contributed by atoms with Crippen LogP contribution in [0.4, 0.5) is 5.69 Å². The molecule has 0 atom stereocenters. The summed E-state index contributed by atoms with van der Waals surface area (Å²) in [4.78, 5) is 8.87. The van der Waals surface area contributed by atoms with Crippen LogP contribution < -0.4 is 10.2 Å². The average molecular weight is 521 g/mol. The van der Waals surface area contributed by atoms with Crippen LogP contribution in [0.1, 0.15) is 0 Å². The molecular weight excluding hydrogens is 493 g/mol. The summed E-state index contributed by atoms with van der Waals surface area (Å²) in [5, 5.41) is 6.96. The maximum absolute atomic E-state index is 5.21. The average Bonchev–Trinajstić information content (AvgIpc) is 3.35. The molecule has 178 valence electrons. The van der Waals surface area contributed by atoms with Gasteiger partial charge in [0.05, 0.1) is 10.6 Å². The summed E-state index contributed by atoms with van der Waals surface area (Å²) in [6.45, 7) is 4.20. The number of aromatic nitrogens is 1. The second kappa shape index (κ2) is 11.2. The fourth-order valence-electron chi connectivity index (χ4n) is 4.58. The van der Waals surface area contributed by atoms with Crippen molar-refractivity contribution in [2.24, 2.45) is 0 Å². The molecule has 6 heteroatoms. The van der Waals surface area contributed by atoms with Crippen LogP contribution in [-0.4, -0.2) is 31.2 Å². The van der Waals surface area contributed by atoms with Crippen molar-refractivity contribution in [2.75, 3.05) is 31.1 Å². The van der Waals surface area contributed by atoms with Gasteiger partial charge in [-0.25, -0.2) is 4.98 Å². The summed E-state index contributed by atoms with van der Waals surface area (Å²) in [5.41, 5.74) is 5.91. The fourth-order valence-corrected chi connectivity index (χ4v) is 5.67. The van der Waals surface area contributed by atoms with Crippen molar-refractivity contribution < 1.29 is 0 Å². The molecule has 0 aliphatic carbocycles. The van der Waals surface area contributed by atoms with Gasteiger partial charge in [0.2, 0.25) is 0 Å². The first-order valence-corrected chi connectivity index (χ1v) is 12.3. The minimum absolute atomic E-state index is 0. The number of fused-ring (bicyclic) bond motifs is 1. The fraction of sp³-hybridized carbons (Fsp3) is 0.138. The van der Waals surface area contributed by atoms with E-state index < -0.39 is 0 Å². The van der Waals surface area contributed by atoms with E-state index in [1.807, 2.05) is 0 Å². The minimum Gasteiger partial charge on any atom is -0.369 e. The lowest BCUT2D eigenvalue weighted by atomic mass is 10.00. The van der Waals surface area contributed by atoms with Crippen molar-refractivity contribution in [3.8, 4) is 32.3 Å². The Balaban J connectivity index is 0.00000144. The molecule has 6 rings (SSSR count). The summed E-state index contributed by atoms with van der Waals surface area (Å²) in [7, 11) is 0. The van der Waals surface area contributed by atoms with Crippen LogP contribution in [0.15, 0.2) is 97.1 Å². The molecule has 5 aromatic rings. The molecule has 0 saturated carbocycles. The number of benzene rings is 4. The Morgan fingerprint density at radius 1 is 0.686 bits per heavy atom. The Hall–Kier alpha value is -2.89. The maximum Gasteiger partial charge on any atom is 0.124 e. The number of rotatable bonds is 4. The first kappa shape index (κ1) is 25.2. The van der Waals surface area contributed by atoms with Gasteiger partial charge >= 0.3 is 0 Å². The van der Waals surface area contributed by atoms with Crippen molar-refractivity contribution in [2.45, 2.75) is 0 Å². The van der Waals surface area contributed by atoms with Crippen molar-refractivity contribution >= 4 is 52.6 Å². The van der Waals surface area contributed by atoms with Gasteiger partial charge < -0.3 is 10.2 Å². The Morgan fingerprint density at radius 2 is 1.37 bits per heavy atom. The van der Waals surface area contributed by atoms with Crippen LogP contribution in [0.5, 0.6) is 0 Å². The van der Waals surface area contributed by atoms with Crippen LogP contribution in [0.2, 0.25) is 0 Å². The van der Waals surface area contributed by atoms with Crippen molar-refractivity contribution in [3.05, 3.63) is 97.1 Å². The summed E-state index contributed by atoms with van der Waals surface area (Å²) in [5.74, 6) is 0. The molecule has 0 amide bonds. The third-order valence-electron chi connectivity index (χ3n) is 6.30. The SMILES string of the molecule is Cl.Cl.c1ccc(-c2sc(-c3ccc(N4CCNCC4)cc3)nc2-c2cccc3ccccc23)cc1. The first-order valence-electron chi connectivity index (χ1n) is 11.5. The van der Waals surface area contributed by atoms with E-state index in [1.54, 1.807) is 11.3 Å². The van der Waals surface area contributed by atoms with Gasteiger partial charge in [0.15, 0.2) is 0 Å². The number of hydrogen-bond acceptors (Lipinski definition) is 4. The molecule has 1 saturated heterocycles. The second-order valence-corrected chi connectivity index (χ2v) is 9.37. The van der Waals surface area contributed by atoms with Gasteiger partial charge in [-0.15, -0.1) is 36.2 Å². The molecule has 1 aromatic heterocycles. The van der Waals surface area contributed by atoms with Gasteiger partial charge in [0.25, 0.3) is 0 Å². The van der Waals surface area contributed by atoms with Crippen LogP contribution in [0.25, 0.3) is 43.0 Å². The van der Waals surface area contributed by atoms with Crippen molar-refractivity contribution in [1.82, 2.24) is 10.3 Å². The van der Waals surface area contributed by atoms with Gasteiger partial charge in [-0.3, -0.25) is 0 Å². The molecule has 1 fully saturated rings. The van der Waals surface area contributed by atoms with Crippen LogP contribution in [-0.2, 0) is 0 Å². The molecule has 3 nitrogen and oxygen atoms in total. The molecule has 0 bridgehead atoms. The van der Waals surface area contributed by atoms with E-state index >= 15 is 0 Å². The van der Waals surface area contributed by atoms with E-state index in [0.29, 0.717) is 0 Å². The van der Waals surface area contributed by atoms with E-state index in [2.05, 4.69) is 107 Å². The molecule has 0 radical (unpaired) electrons. The van der Waals surface area contributed by atoms with E-state index in [1.165, 1.54) is 38.0 Å². The highest BCUT2D eigenvalue weighted by Crippen LogP contribution is 2.42. The highest BCUT2D eigenvalue weighted by molar-refractivity contribution is 7.19. The third kappa shape index (κ3) is 5.07. The van der Waals surface area contributed by atoms with E-state index in [-0.39, 0.29) is 24.8 Å². The highest BCUT2D eigenvalue weighted by Gasteiger charge is 2.18. The van der Waals surface area contributed by atoms with Gasteiger partial charge in [-0.05, 0) is 40.6 Å². The number of piperazine rings is 1. The zero-order valence-electron chi connectivity index (χ0n) is 19.2.